The van der Waals surface area contributed by atoms with Crippen molar-refractivity contribution in [2.75, 3.05) is 6.61 Å². The summed E-state index contributed by atoms with van der Waals surface area (Å²) in [5.41, 5.74) is 1.70. The number of aryl methyl sites for hydroxylation is 1. The average Bonchev–Trinajstić information content (AvgIpc) is 2.48. The Labute approximate surface area is 127 Å². The van der Waals surface area contributed by atoms with E-state index >= 15 is 0 Å². The van der Waals surface area contributed by atoms with Crippen LogP contribution < -0.4 is 0 Å². The van der Waals surface area contributed by atoms with Gasteiger partial charge in [0.25, 0.3) is 0 Å². The van der Waals surface area contributed by atoms with E-state index < -0.39 is 37.3 Å². The number of ether oxygens (including phenoxy) is 2. The molecule has 0 radical (unpaired) electrons. The first kappa shape index (κ1) is 16.3. The third kappa shape index (κ3) is 3.57. The summed E-state index contributed by atoms with van der Waals surface area (Å²) in [7, 11) is 0. The lowest BCUT2D eigenvalue weighted by molar-refractivity contribution is -0.280. The average molecular weight is 314 g/mol. The maximum atomic E-state index is 9.86. The minimum absolute atomic E-state index is 0.0966. The highest BCUT2D eigenvalue weighted by Crippen LogP contribution is 2.23. The maximum absolute atomic E-state index is 9.86. The fourth-order valence-electron chi connectivity index (χ4n) is 2.03. The van der Waals surface area contributed by atoms with Gasteiger partial charge in [0, 0.05) is 5.56 Å². The summed E-state index contributed by atoms with van der Waals surface area (Å²) in [6.45, 7) is 1.42. The van der Waals surface area contributed by atoms with Crippen molar-refractivity contribution >= 4 is 17.3 Å². The second-order valence-electron chi connectivity index (χ2n) is 4.97. The molecule has 1 fully saturated rings. The fraction of sp³-hybridized carbons (Fsp3) is 0.500. The fourth-order valence-corrected chi connectivity index (χ4v) is 2.26. The lowest BCUT2D eigenvalue weighted by atomic mass is 9.99. The van der Waals surface area contributed by atoms with Crippen molar-refractivity contribution in [1.82, 2.24) is 0 Å². The van der Waals surface area contributed by atoms with E-state index in [0.717, 1.165) is 5.56 Å². The molecule has 7 heteroatoms. The topological polar surface area (TPSA) is 99.4 Å². The summed E-state index contributed by atoms with van der Waals surface area (Å²) in [6, 6.07) is 7.25. The Bertz CT molecular complexity index is 489. The van der Waals surface area contributed by atoms with Gasteiger partial charge in [-0.2, -0.15) is 0 Å². The van der Waals surface area contributed by atoms with Crippen LogP contribution in [0.3, 0.4) is 0 Å². The lowest BCUT2D eigenvalue weighted by Crippen LogP contribution is -2.59. The van der Waals surface area contributed by atoms with E-state index in [-0.39, 0.29) is 5.05 Å². The number of aliphatic hydroxyl groups is 4. The van der Waals surface area contributed by atoms with E-state index in [4.69, 9.17) is 26.8 Å². The number of thiocarbonyl (C=S) groups is 1. The van der Waals surface area contributed by atoms with E-state index in [1.54, 1.807) is 12.1 Å². The van der Waals surface area contributed by atoms with Gasteiger partial charge in [0.05, 0.1) is 6.61 Å². The van der Waals surface area contributed by atoms with Gasteiger partial charge in [0.2, 0.25) is 6.29 Å². The van der Waals surface area contributed by atoms with Gasteiger partial charge < -0.3 is 29.9 Å². The van der Waals surface area contributed by atoms with Crippen LogP contribution in [0.15, 0.2) is 24.3 Å². The molecule has 1 aliphatic rings. The van der Waals surface area contributed by atoms with Crippen molar-refractivity contribution < 1.29 is 29.9 Å². The van der Waals surface area contributed by atoms with Crippen LogP contribution in [0.4, 0.5) is 0 Å². The molecule has 2 rings (SSSR count). The molecule has 1 heterocycles. The van der Waals surface area contributed by atoms with Crippen LogP contribution in [0, 0.1) is 6.92 Å². The summed E-state index contributed by atoms with van der Waals surface area (Å²) >= 11 is 5.12. The second kappa shape index (κ2) is 6.78. The quantitative estimate of drug-likeness (QED) is 0.558. The minimum Gasteiger partial charge on any atom is -0.451 e. The maximum Gasteiger partial charge on any atom is 0.230 e. The van der Waals surface area contributed by atoms with Gasteiger partial charge in [-0.3, -0.25) is 0 Å². The Hall–Kier alpha value is -1.09. The van der Waals surface area contributed by atoms with E-state index in [1.807, 2.05) is 19.1 Å². The van der Waals surface area contributed by atoms with E-state index in [9.17, 15) is 15.3 Å². The third-order valence-corrected chi connectivity index (χ3v) is 3.69. The number of hydrogen-bond acceptors (Lipinski definition) is 7. The Kier molecular flexibility index (Phi) is 5.26. The van der Waals surface area contributed by atoms with Gasteiger partial charge >= 0.3 is 0 Å². The smallest absolute Gasteiger partial charge is 0.230 e. The Morgan fingerprint density at radius 1 is 1.14 bits per heavy atom. The van der Waals surface area contributed by atoms with Crippen molar-refractivity contribution in [3.8, 4) is 0 Å². The number of benzene rings is 1. The van der Waals surface area contributed by atoms with E-state index in [1.165, 1.54) is 0 Å². The van der Waals surface area contributed by atoms with Crippen LogP contribution >= 0.6 is 12.2 Å². The van der Waals surface area contributed by atoms with Gasteiger partial charge in [-0.25, -0.2) is 0 Å². The summed E-state index contributed by atoms with van der Waals surface area (Å²) in [5.74, 6) is 0. The molecular formula is C14H18O6S. The molecule has 1 aliphatic heterocycles. The molecule has 0 aromatic heterocycles. The summed E-state index contributed by atoms with van der Waals surface area (Å²) in [4.78, 5) is 0. The molecule has 0 spiro atoms. The SMILES string of the molecule is Cc1ccc(C(=S)OC2O[C@H](CO)[C@@H](O)[C@H](O)[C@H]2O)cc1. The highest BCUT2D eigenvalue weighted by Gasteiger charge is 2.44. The highest BCUT2D eigenvalue weighted by atomic mass is 32.1. The van der Waals surface area contributed by atoms with Gasteiger partial charge in [-0.15, -0.1) is 0 Å². The molecule has 0 saturated carbocycles. The first-order chi connectivity index (χ1) is 9.93. The number of rotatable bonds is 3. The van der Waals surface area contributed by atoms with E-state index in [2.05, 4.69) is 0 Å². The normalized spacial score (nSPS) is 32.7. The highest BCUT2D eigenvalue weighted by molar-refractivity contribution is 7.80. The third-order valence-electron chi connectivity index (χ3n) is 3.36. The predicted octanol–water partition coefficient (Wildman–Crippen LogP) is -0.513. The Morgan fingerprint density at radius 2 is 1.76 bits per heavy atom. The molecule has 5 atom stereocenters. The summed E-state index contributed by atoms with van der Waals surface area (Å²) in [5, 5.41) is 38.4. The molecule has 0 amide bonds. The monoisotopic (exact) mass is 314 g/mol. The second-order valence-corrected chi connectivity index (χ2v) is 5.34. The van der Waals surface area contributed by atoms with Gasteiger partial charge in [0.15, 0.2) is 5.05 Å². The number of hydrogen-bond donors (Lipinski definition) is 4. The molecule has 1 aromatic carbocycles. The first-order valence-electron chi connectivity index (χ1n) is 6.52. The van der Waals surface area contributed by atoms with Gasteiger partial charge in [-0.1, -0.05) is 29.8 Å². The van der Waals surface area contributed by atoms with Crippen LogP contribution in [-0.2, 0) is 9.47 Å². The molecule has 0 aliphatic carbocycles. The molecule has 4 N–H and O–H groups in total. The zero-order chi connectivity index (χ0) is 15.6. The van der Waals surface area contributed by atoms with Crippen molar-refractivity contribution in [2.24, 2.45) is 0 Å². The molecule has 1 saturated heterocycles. The molecule has 116 valence electrons. The first-order valence-corrected chi connectivity index (χ1v) is 6.93. The Morgan fingerprint density at radius 3 is 2.33 bits per heavy atom. The lowest BCUT2D eigenvalue weighted by Gasteiger charge is -2.39. The van der Waals surface area contributed by atoms with E-state index in [0.29, 0.717) is 5.56 Å². The van der Waals surface area contributed by atoms with Crippen molar-refractivity contribution in [3.05, 3.63) is 35.4 Å². The standard InChI is InChI=1S/C14H18O6S/c1-7-2-4-8(5-3-7)14(21)20-13-12(18)11(17)10(16)9(6-15)19-13/h2-5,9-13,15-18H,6H2,1H3/t9-,10-,11+,12-,13?/m1/s1. The van der Waals surface area contributed by atoms with Gasteiger partial charge in [0.1, 0.15) is 24.4 Å². The van der Waals surface area contributed by atoms with Crippen LogP contribution in [-0.4, -0.2) is 62.8 Å². The van der Waals surface area contributed by atoms with Crippen molar-refractivity contribution in [3.63, 3.8) is 0 Å². The molecule has 1 aromatic rings. The summed E-state index contributed by atoms with van der Waals surface area (Å²) < 4.78 is 10.6. The Balaban J connectivity index is 2.07. The summed E-state index contributed by atoms with van der Waals surface area (Å²) in [6.07, 6.45) is -6.64. The van der Waals surface area contributed by atoms with Crippen molar-refractivity contribution in [1.29, 1.82) is 0 Å². The minimum atomic E-state index is -1.48. The van der Waals surface area contributed by atoms with Gasteiger partial charge in [-0.05, 0) is 19.1 Å². The van der Waals surface area contributed by atoms with Crippen molar-refractivity contribution in [2.45, 2.75) is 37.6 Å². The molecule has 6 nitrogen and oxygen atoms in total. The molecular weight excluding hydrogens is 296 g/mol. The molecule has 21 heavy (non-hydrogen) atoms. The van der Waals surface area contributed by atoms with Crippen LogP contribution in [0.2, 0.25) is 0 Å². The van der Waals surface area contributed by atoms with Crippen LogP contribution in [0.1, 0.15) is 11.1 Å². The predicted molar refractivity (Wildman–Crippen MR) is 77.7 cm³/mol. The number of aliphatic hydroxyl groups excluding tert-OH is 4. The zero-order valence-corrected chi connectivity index (χ0v) is 12.2. The molecule has 1 unspecified atom stereocenters. The zero-order valence-electron chi connectivity index (χ0n) is 11.4. The van der Waals surface area contributed by atoms with Crippen LogP contribution in [0.5, 0.6) is 0 Å². The largest absolute Gasteiger partial charge is 0.451 e. The molecule has 0 bridgehead atoms. The van der Waals surface area contributed by atoms with Crippen LogP contribution in [0.25, 0.3) is 0 Å².